The van der Waals surface area contributed by atoms with Crippen molar-refractivity contribution in [3.63, 3.8) is 0 Å². The van der Waals surface area contributed by atoms with E-state index in [-0.39, 0.29) is 5.54 Å². The summed E-state index contributed by atoms with van der Waals surface area (Å²) in [5.74, 6) is 2.26. The second kappa shape index (κ2) is 4.91. The predicted octanol–water partition coefficient (Wildman–Crippen LogP) is 4.20. The molecule has 2 aliphatic heterocycles. The van der Waals surface area contributed by atoms with E-state index in [1.165, 1.54) is 41.6 Å². The van der Waals surface area contributed by atoms with Crippen LogP contribution in [0, 0.1) is 0 Å². The molecule has 0 N–H and O–H groups in total. The van der Waals surface area contributed by atoms with Gasteiger partial charge in [0.1, 0.15) is 0 Å². The molecule has 0 radical (unpaired) electrons. The first kappa shape index (κ1) is 13.7. The Morgan fingerprint density at radius 1 is 1.13 bits per heavy atom. The third kappa shape index (κ3) is 1.94. The van der Waals surface area contributed by atoms with Crippen LogP contribution in [0.2, 0.25) is 0 Å². The van der Waals surface area contributed by atoms with Gasteiger partial charge in [-0.25, -0.2) is 4.99 Å². The summed E-state index contributed by atoms with van der Waals surface area (Å²) in [5.41, 5.74) is 1.63. The van der Waals surface area contributed by atoms with Gasteiger partial charge in [0.2, 0.25) is 5.96 Å². The number of hydrogen-bond acceptors (Lipinski definition) is 4. The lowest BCUT2D eigenvalue weighted by atomic mass is 9.70. The van der Waals surface area contributed by atoms with Gasteiger partial charge in [-0.1, -0.05) is 36.4 Å². The van der Waals surface area contributed by atoms with Crippen LogP contribution >= 0.6 is 11.9 Å². The molecular formula is C19H21N3S. The van der Waals surface area contributed by atoms with Gasteiger partial charge in [-0.2, -0.15) is 0 Å². The fourth-order valence-corrected chi connectivity index (χ4v) is 5.34. The summed E-state index contributed by atoms with van der Waals surface area (Å²) in [6.07, 6.45) is 3.80. The molecule has 0 amide bonds. The van der Waals surface area contributed by atoms with Gasteiger partial charge < -0.3 is 4.90 Å². The zero-order chi connectivity index (χ0) is 15.4. The van der Waals surface area contributed by atoms with E-state index in [1.807, 2.05) is 11.9 Å². The number of guanidine groups is 1. The summed E-state index contributed by atoms with van der Waals surface area (Å²) in [6.45, 7) is 3.28. The Morgan fingerprint density at radius 2 is 1.96 bits per heavy atom. The van der Waals surface area contributed by atoms with Gasteiger partial charge in [-0.15, -0.1) is 0 Å². The molecule has 3 aliphatic rings. The predicted molar refractivity (Wildman–Crippen MR) is 97.4 cm³/mol. The number of rotatable bonds is 2. The average molecular weight is 323 g/mol. The zero-order valence-electron chi connectivity index (χ0n) is 13.4. The molecule has 1 atom stereocenters. The largest absolute Gasteiger partial charge is 0.321 e. The van der Waals surface area contributed by atoms with Crippen LogP contribution in [0.15, 0.2) is 47.5 Å². The lowest BCUT2D eigenvalue weighted by Crippen LogP contribution is -2.52. The maximum atomic E-state index is 4.92. The van der Waals surface area contributed by atoms with Gasteiger partial charge in [0, 0.05) is 0 Å². The standard InChI is InChI=1S/C19H21N3S/c1-14-12-22-18(20-14)21(13-23-22)19(9-4-10-19)17-8-7-15-5-2-3-6-16(15)11-17/h2-3,5-8,11,14H,4,9-10,12-13H2,1H3. The van der Waals surface area contributed by atoms with E-state index in [0.29, 0.717) is 6.04 Å². The van der Waals surface area contributed by atoms with Gasteiger partial charge in [0.05, 0.1) is 24.0 Å². The third-order valence-electron chi connectivity index (χ3n) is 5.56. The van der Waals surface area contributed by atoms with Crippen molar-refractivity contribution in [2.24, 2.45) is 4.99 Å². The van der Waals surface area contributed by atoms with E-state index in [4.69, 9.17) is 4.99 Å². The van der Waals surface area contributed by atoms with E-state index in [2.05, 4.69) is 58.6 Å². The summed E-state index contributed by atoms with van der Waals surface area (Å²) >= 11 is 1.93. The molecule has 0 bridgehead atoms. The molecule has 2 aromatic rings. The molecule has 1 unspecified atom stereocenters. The van der Waals surface area contributed by atoms with Gasteiger partial charge in [0.15, 0.2) is 0 Å². The number of aliphatic imine (C=N–C) groups is 1. The third-order valence-corrected chi connectivity index (χ3v) is 6.55. The van der Waals surface area contributed by atoms with Gasteiger partial charge in [-0.05, 0) is 60.5 Å². The molecule has 0 spiro atoms. The van der Waals surface area contributed by atoms with Crippen molar-refractivity contribution >= 4 is 28.7 Å². The van der Waals surface area contributed by atoms with Crippen LogP contribution in [0.5, 0.6) is 0 Å². The molecule has 5 rings (SSSR count). The lowest BCUT2D eigenvalue weighted by molar-refractivity contribution is 0.0889. The molecule has 0 aromatic heterocycles. The van der Waals surface area contributed by atoms with E-state index in [1.54, 1.807) is 0 Å². The summed E-state index contributed by atoms with van der Waals surface area (Å²) < 4.78 is 2.39. The molecule has 2 heterocycles. The Balaban J connectivity index is 1.59. The number of nitrogens with zero attached hydrogens (tertiary/aromatic N) is 3. The first-order chi connectivity index (χ1) is 11.3. The minimum atomic E-state index is 0.161. The molecule has 2 fully saturated rings. The highest BCUT2D eigenvalue weighted by Crippen LogP contribution is 2.50. The maximum absolute atomic E-state index is 4.92. The molecule has 3 nitrogen and oxygen atoms in total. The van der Waals surface area contributed by atoms with E-state index >= 15 is 0 Å². The molecule has 1 aliphatic carbocycles. The Kier molecular flexibility index (Phi) is 2.93. The van der Waals surface area contributed by atoms with E-state index in [0.717, 1.165) is 12.4 Å². The minimum Gasteiger partial charge on any atom is -0.321 e. The van der Waals surface area contributed by atoms with Crippen molar-refractivity contribution in [2.45, 2.75) is 37.8 Å². The highest BCUT2D eigenvalue weighted by molar-refractivity contribution is 7.97. The van der Waals surface area contributed by atoms with Crippen molar-refractivity contribution in [3.8, 4) is 0 Å². The SMILES string of the molecule is CC1CN2SCN(C3(c4ccc5ccccc5c4)CCC3)C2=N1. The zero-order valence-corrected chi connectivity index (χ0v) is 14.2. The van der Waals surface area contributed by atoms with Crippen molar-refractivity contribution in [1.29, 1.82) is 0 Å². The van der Waals surface area contributed by atoms with Crippen LogP contribution in [-0.2, 0) is 5.54 Å². The van der Waals surface area contributed by atoms with E-state index < -0.39 is 0 Å². The fraction of sp³-hybridized carbons (Fsp3) is 0.421. The number of benzene rings is 2. The normalized spacial score (nSPS) is 25.4. The topological polar surface area (TPSA) is 18.8 Å². The van der Waals surface area contributed by atoms with Gasteiger partial charge in [0.25, 0.3) is 0 Å². The maximum Gasteiger partial charge on any atom is 0.208 e. The second-order valence-electron chi connectivity index (χ2n) is 6.97. The van der Waals surface area contributed by atoms with Crippen molar-refractivity contribution in [2.75, 3.05) is 12.4 Å². The highest BCUT2D eigenvalue weighted by Gasteiger charge is 2.50. The van der Waals surface area contributed by atoms with Crippen LogP contribution < -0.4 is 0 Å². The Bertz CT molecular complexity index is 796. The van der Waals surface area contributed by atoms with Crippen LogP contribution in [0.4, 0.5) is 0 Å². The highest BCUT2D eigenvalue weighted by atomic mass is 32.2. The second-order valence-corrected chi connectivity index (χ2v) is 7.93. The van der Waals surface area contributed by atoms with Crippen LogP contribution in [0.1, 0.15) is 31.7 Å². The summed E-state index contributed by atoms with van der Waals surface area (Å²) in [5, 5.41) is 2.68. The van der Waals surface area contributed by atoms with Crippen molar-refractivity contribution in [3.05, 3.63) is 48.0 Å². The average Bonchev–Trinajstić information content (AvgIpc) is 3.06. The Morgan fingerprint density at radius 3 is 2.74 bits per heavy atom. The molecule has 23 heavy (non-hydrogen) atoms. The van der Waals surface area contributed by atoms with E-state index in [9.17, 15) is 0 Å². The Labute approximate surface area is 141 Å². The minimum absolute atomic E-state index is 0.161. The van der Waals surface area contributed by atoms with Gasteiger partial charge >= 0.3 is 0 Å². The van der Waals surface area contributed by atoms with Gasteiger partial charge in [-0.3, -0.25) is 4.31 Å². The fourth-order valence-electron chi connectivity index (χ4n) is 4.14. The summed E-state index contributed by atoms with van der Waals surface area (Å²) in [6, 6.07) is 16.1. The monoisotopic (exact) mass is 323 g/mol. The summed E-state index contributed by atoms with van der Waals surface area (Å²) in [7, 11) is 0. The van der Waals surface area contributed by atoms with Crippen LogP contribution in [0.3, 0.4) is 0 Å². The van der Waals surface area contributed by atoms with Crippen LogP contribution in [-0.4, -0.2) is 33.6 Å². The molecule has 1 saturated carbocycles. The number of hydrogen-bond donors (Lipinski definition) is 0. The van der Waals surface area contributed by atoms with Crippen LogP contribution in [0.25, 0.3) is 10.8 Å². The lowest BCUT2D eigenvalue weighted by Gasteiger charge is -2.49. The Hall–Kier alpha value is -1.68. The van der Waals surface area contributed by atoms with Crippen molar-refractivity contribution in [1.82, 2.24) is 9.21 Å². The molecular weight excluding hydrogens is 302 g/mol. The van der Waals surface area contributed by atoms with Crippen molar-refractivity contribution < 1.29 is 0 Å². The first-order valence-corrected chi connectivity index (χ1v) is 9.46. The quantitative estimate of drug-likeness (QED) is 0.772. The molecule has 118 valence electrons. The smallest absolute Gasteiger partial charge is 0.208 e. The molecule has 1 saturated heterocycles. The molecule has 4 heteroatoms. The number of fused-ring (bicyclic) bond motifs is 2. The first-order valence-electron chi connectivity index (χ1n) is 8.51. The summed E-state index contributed by atoms with van der Waals surface area (Å²) in [4.78, 5) is 7.49. The molecule has 2 aromatic carbocycles.